The third-order valence-corrected chi connectivity index (χ3v) is 4.80. The Kier molecular flexibility index (Phi) is 6.09. The number of nitrogens with zero attached hydrogens (tertiary/aromatic N) is 1. The van der Waals surface area contributed by atoms with Gasteiger partial charge in [0.15, 0.2) is 0 Å². The van der Waals surface area contributed by atoms with Gasteiger partial charge in [-0.15, -0.1) is 0 Å². The van der Waals surface area contributed by atoms with Gasteiger partial charge in [0.2, 0.25) is 5.91 Å². The van der Waals surface area contributed by atoms with Gasteiger partial charge in [-0.25, -0.2) is 0 Å². The minimum Gasteiger partial charge on any atom is -0.508 e. The van der Waals surface area contributed by atoms with Gasteiger partial charge in [-0.05, 0) is 47.9 Å². The zero-order valence-corrected chi connectivity index (χ0v) is 15.8. The molecule has 3 aromatic rings. The number of halogens is 1. The molecule has 1 amide bonds. The molecular formula is C22H21ClN2O2. The number of amides is 1. The van der Waals surface area contributed by atoms with E-state index in [1.807, 2.05) is 43.3 Å². The average Bonchev–Trinajstić information content (AvgIpc) is 2.66. The van der Waals surface area contributed by atoms with Gasteiger partial charge in [0.25, 0.3) is 0 Å². The van der Waals surface area contributed by atoms with E-state index in [-0.39, 0.29) is 24.0 Å². The number of carbonyl (C=O) groups excluding carboxylic acids is 1. The summed E-state index contributed by atoms with van der Waals surface area (Å²) in [7, 11) is 0. The number of phenols is 1. The molecule has 2 aromatic carbocycles. The second kappa shape index (κ2) is 8.69. The predicted molar refractivity (Wildman–Crippen MR) is 107 cm³/mol. The van der Waals surface area contributed by atoms with Crippen LogP contribution in [0.25, 0.3) is 0 Å². The summed E-state index contributed by atoms with van der Waals surface area (Å²) in [6.45, 7) is 2.40. The maximum absolute atomic E-state index is 12.6. The summed E-state index contributed by atoms with van der Waals surface area (Å²) in [6, 6.07) is 16.4. The van der Waals surface area contributed by atoms with E-state index in [1.54, 1.807) is 30.6 Å². The first kappa shape index (κ1) is 18.9. The Balaban J connectivity index is 1.80. The number of rotatable bonds is 6. The molecule has 0 aliphatic rings. The number of carbonyl (C=O) groups is 1. The zero-order chi connectivity index (χ0) is 19.2. The van der Waals surface area contributed by atoms with Gasteiger partial charge in [0.05, 0.1) is 0 Å². The normalized spacial score (nSPS) is 11.8. The van der Waals surface area contributed by atoms with E-state index in [4.69, 9.17) is 11.6 Å². The maximum atomic E-state index is 12.6. The van der Waals surface area contributed by atoms with E-state index in [9.17, 15) is 9.90 Å². The smallest absolute Gasteiger partial charge is 0.221 e. The summed E-state index contributed by atoms with van der Waals surface area (Å²) in [6.07, 6.45) is 3.70. The number of pyridine rings is 1. The number of aryl methyl sites for hydroxylation is 1. The first-order valence-corrected chi connectivity index (χ1v) is 9.12. The van der Waals surface area contributed by atoms with Crippen molar-refractivity contribution >= 4 is 17.5 Å². The minimum absolute atomic E-state index is 0.0977. The van der Waals surface area contributed by atoms with E-state index in [0.717, 1.165) is 16.7 Å². The van der Waals surface area contributed by atoms with Crippen molar-refractivity contribution in [3.8, 4) is 5.75 Å². The molecule has 0 saturated carbocycles. The predicted octanol–water partition coefficient (Wildman–Crippen LogP) is 4.59. The second-order valence-electron chi connectivity index (χ2n) is 6.45. The first-order valence-electron chi connectivity index (χ1n) is 8.74. The molecule has 0 spiro atoms. The fourth-order valence-electron chi connectivity index (χ4n) is 3.06. The Morgan fingerprint density at radius 2 is 2.00 bits per heavy atom. The highest BCUT2D eigenvalue weighted by Gasteiger charge is 2.21. The van der Waals surface area contributed by atoms with Gasteiger partial charge in [-0.3, -0.25) is 9.78 Å². The maximum Gasteiger partial charge on any atom is 0.221 e. The highest BCUT2D eigenvalue weighted by molar-refractivity contribution is 6.30. The molecule has 2 N–H and O–H groups in total. The Hall–Kier alpha value is -2.85. The molecule has 4 nitrogen and oxygen atoms in total. The number of phenolic OH excluding ortho intramolecular Hbond substituents is 1. The van der Waals surface area contributed by atoms with Gasteiger partial charge in [0.1, 0.15) is 5.75 Å². The monoisotopic (exact) mass is 380 g/mol. The topological polar surface area (TPSA) is 62.2 Å². The number of hydrogen-bond donors (Lipinski definition) is 2. The van der Waals surface area contributed by atoms with Crippen LogP contribution in [0.2, 0.25) is 5.02 Å². The quantitative estimate of drug-likeness (QED) is 0.657. The average molecular weight is 381 g/mol. The molecule has 1 heterocycles. The van der Waals surface area contributed by atoms with Crippen molar-refractivity contribution in [3.63, 3.8) is 0 Å². The van der Waals surface area contributed by atoms with E-state index < -0.39 is 0 Å². The van der Waals surface area contributed by atoms with Gasteiger partial charge in [0, 0.05) is 41.9 Å². The molecule has 0 bridgehead atoms. The number of aromatic nitrogens is 1. The number of benzene rings is 2. The third-order valence-electron chi connectivity index (χ3n) is 4.57. The van der Waals surface area contributed by atoms with Crippen LogP contribution >= 0.6 is 11.6 Å². The molecule has 0 radical (unpaired) electrons. The van der Waals surface area contributed by atoms with Crippen molar-refractivity contribution in [2.75, 3.05) is 0 Å². The molecule has 5 heteroatoms. The molecule has 0 saturated heterocycles. The van der Waals surface area contributed by atoms with Crippen molar-refractivity contribution in [1.82, 2.24) is 10.3 Å². The molecule has 0 fully saturated rings. The molecule has 27 heavy (non-hydrogen) atoms. The summed E-state index contributed by atoms with van der Waals surface area (Å²) in [5, 5.41) is 13.9. The molecule has 1 aromatic heterocycles. The highest BCUT2D eigenvalue weighted by Crippen LogP contribution is 2.34. The lowest BCUT2D eigenvalue weighted by atomic mass is 9.87. The summed E-state index contributed by atoms with van der Waals surface area (Å²) in [4.78, 5) is 16.7. The van der Waals surface area contributed by atoms with Crippen LogP contribution in [0.5, 0.6) is 5.75 Å². The largest absolute Gasteiger partial charge is 0.508 e. The SMILES string of the molecule is Cc1cnccc1CNC(=O)CC(c1cccc(Cl)c1)c1ccccc1O. The molecule has 138 valence electrons. The van der Waals surface area contributed by atoms with Crippen LogP contribution in [0, 0.1) is 6.92 Å². The summed E-state index contributed by atoms with van der Waals surface area (Å²) < 4.78 is 0. The Bertz CT molecular complexity index is 943. The fraction of sp³-hybridized carbons (Fsp3) is 0.182. The van der Waals surface area contributed by atoms with Crippen molar-refractivity contribution in [2.45, 2.75) is 25.8 Å². The number of aromatic hydroxyl groups is 1. The first-order chi connectivity index (χ1) is 13.0. The second-order valence-corrected chi connectivity index (χ2v) is 6.89. The molecule has 1 atom stereocenters. The van der Waals surface area contributed by atoms with Crippen LogP contribution in [-0.4, -0.2) is 16.0 Å². The molecule has 3 rings (SSSR count). The van der Waals surface area contributed by atoms with Crippen LogP contribution < -0.4 is 5.32 Å². The van der Waals surface area contributed by atoms with Gasteiger partial charge >= 0.3 is 0 Å². The Morgan fingerprint density at radius 1 is 1.19 bits per heavy atom. The minimum atomic E-state index is -0.288. The van der Waals surface area contributed by atoms with Gasteiger partial charge < -0.3 is 10.4 Å². The third kappa shape index (κ3) is 4.86. The standard InChI is InChI=1S/C22H21ClN2O2/c1-15-13-24-10-9-17(15)14-25-22(27)12-20(16-5-4-6-18(23)11-16)19-7-2-3-8-21(19)26/h2-11,13,20,26H,12,14H2,1H3,(H,25,27). The van der Waals surface area contributed by atoms with E-state index >= 15 is 0 Å². The highest BCUT2D eigenvalue weighted by atomic mass is 35.5. The lowest BCUT2D eigenvalue weighted by Crippen LogP contribution is -2.25. The number of para-hydroxylation sites is 1. The van der Waals surface area contributed by atoms with Crippen LogP contribution in [0.15, 0.2) is 67.0 Å². The number of nitrogens with one attached hydrogen (secondary N) is 1. The lowest BCUT2D eigenvalue weighted by Gasteiger charge is -2.19. The van der Waals surface area contributed by atoms with Crippen molar-refractivity contribution in [1.29, 1.82) is 0 Å². The van der Waals surface area contributed by atoms with E-state index in [2.05, 4.69) is 10.3 Å². The molecule has 1 unspecified atom stereocenters. The van der Waals surface area contributed by atoms with Gasteiger partial charge in [-0.2, -0.15) is 0 Å². The Morgan fingerprint density at radius 3 is 2.74 bits per heavy atom. The van der Waals surface area contributed by atoms with Crippen molar-refractivity contribution < 1.29 is 9.90 Å². The van der Waals surface area contributed by atoms with E-state index in [1.165, 1.54) is 0 Å². The van der Waals surface area contributed by atoms with Crippen molar-refractivity contribution in [2.24, 2.45) is 0 Å². The van der Waals surface area contributed by atoms with Crippen LogP contribution in [0.3, 0.4) is 0 Å². The van der Waals surface area contributed by atoms with Gasteiger partial charge in [-0.1, -0.05) is 41.9 Å². The number of hydrogen-bond acceptors (Lipinski definition) is 3. The van der Waals surface area contributed by atoms with Crippen LogP contribution in [0.1, 0.15) is 34.6 Å². The lowest BCUT2D eigenvalue weighted by molar-refractivity contribution is -0.121. The van der Waals surface area contributed by atoms with Crippen LogP contribution in [-0.2, 0) is 11.3 Å². The summed E-state index contributed by atoms with van der Waals surface area (Å²) >= 11 is 6.14. The molecule has 0 aliphatic heterocycles. The Labute approximate surface area is 163 Å². The zero-order valence-electron chi connectivity index (χ0n) is 15.0. The fourth-order valence-corrected chi connectivity index (χ4v) is 3.26. The van der Waals surface area contributed by atoms with Crippen molar-refractivity contribution in [3.05, 3.63) is 94.3 Å². The molecular weight excluding hydrogens is 360 g/mol. The van der Waals surface area contributed by atoms with Crippen LogP contribution in [0.4, 0.5) is 0 Å². The molecule has 0 aliphatic carbocycles. The van der Waals surface area contributed by atoms with E-state index in [0.29, 0.717) is 17.1 Å². The summed E-state index contributed by atoms with van der Waals surface area (Å²) in [5.74, 6) is -0.219. The summed E-state index contributed by atoms with van der Waals surface area (Å²) in [5.41, 5.74) is 3.65.